The number of rotatable bonds is 4. The molecule has 11 heteroatoms. The molecule has 8 nitrogen and oxygen atoms in total. The van der Waals surface area contributed by atoms with Crippen molar-refractivity contribution in [3.63, 3.8) is 0 Å². The first-order valence-corrected chi connectivity index (χ1v) is 9.63. The second kappa shape index (κ2) is 8.14. The number of carbonyl (C=O) groups is 1. The van der Waals surface area contributed by atoms with Crippen molar-refractivity contribution in [3.8, 4) is 11.4 Å². The predicted octanol–water partition coefficient (Wildman–Crippen LogP) is 3.17. The lowest BCUT2D eigenvalue weighted by Crippen LogP contribution is -2.44. The first kappa shape index (κ1) is 21.0. The van der Waals surface area contributed by atoms with Crippen LogP contribution in [0, 0.1) is 13.8 Å². The summed E-state index contributed by atoms with van der Waals surface area (Å²) in [6, 6.07) is 8.51. The van der Waals surface area contributed by atoms with Gasteiger partial charge >= 0.3 is 6.18 Å². The number of nitrogens with zero attached hydrogens (tertiary/aromatic N) is 5. The lowest BCUT2D eigenvalue weighted by Gasteiger charge is -2.31. The first-order chi connectivity index (χ1) is 14.7. The third-order valence-electron chi connectivity index (χ3n) is 5.08. The van der Waals surface area contributed by atoms with Crippen molar-refractivity contribution < 1.29 is 27.2 Å². The molecule has 0 bridgehead atoms. The van der Waals surface area contributed by atoms with Crippen molar-refractivity contribution in [2.75, 3.05) is 19.7 Å². The minimum Gasteiger partial charge on any atom is -0.365 e. The Labute approximate surface area is 175 Å². The third-order valence-corrected chi connectivity index (χ3v) is 5.08. The Kier molecular flexibility index (Phi) is 5.52. The minimum atomic E-state index is -4.56. The molecule has 0 aliphatic carbocycles. The van der Waals surface area contributed by atoms with Crippen LogP contribution in [0.1, 0.15) is 28.9 Å². The van der Waals surface area contributed by atoms with Gasteiger partial charge in [-0.05, 0) is 25.5 Å². The molecule has 1 atom stereocenters. The summed E-state index contributed by atoms with van der Waals surface area (Å²) in [5, 5.41) is 7.52. The Hall–Kier alpha value is -3.21. The van der Waals surface area contributed by atoms with Crippen LogP contribution in [0.4, 0.5) is 13.2 Å². The van der Waals surface area contributed by atoms with Crippen LogP contribution < -0.4 is 0 Å². The molecule has 1 fully saturated rings. The molecule has 0 saturated carbocycles. The zero-order chi connectivity index (χ0) is 22.2. The van der Waals surface area contributed by atoms with Crippen LogP contribution in [0.2, 0.25) is 0 Å². The minimum absolute atomic E-state index is 0.153. The van der Waals surface area contributed by atoms with E-state index in [0.717, 1.165) is 21.9 Å². The zero-order valence-corrected chi connectivity index (χ0v) is 16.9. The van der Waals surface area contributed by atoms with Crippen molar-refractivity contribution in [1.82, 2.24) is 24.8 Å². The quantitative estimate of drug-likeness (QED) is 0.626. The van der Waals surface area contributed by atoms with Gasteiger partial charge in [-0.15, -0.1) is 0 Å². The normalized spacial score (nSPS) is 17.2. The summed E-state index contributed by atoms with van der Waals surface area (Å²) in [4.78, 5) is 18.6. The van der Waals surface area contributed by atoms with Crippen LogP contribution in [0.3, 0.4) is 0 Å². The highest BCUT2D eigenvalue weighted by atomic mass is 19.4. The Morgan fingerprint density at radius 3 is 2.74 bits per heavy atom. The maximum absolute atomic E-state index is 12.9. The Morgan fingerprint density at radius 1 is 1.26 bits per heavy atom. The molecular formula is C20H20F3N5O3. The SMILES string of the molecule is Cc1ccccc1-c1noc(C2CN(C(=O)Cn3nc(C(F)(F)F)cc3C)CCO2)n1. The summed E-state index contributed by atoms with van der Waals surface area (Å²) < 4.78 is 50.6. The number of aromatic nitrogens is 4. The Morgan fingerprint density at radius 2 is 2.03 bits per heavy atom. The van der Waals surface area contributed by atoms with E-state index in [1.165, 1.54) is 11.8 Å². The summed E-state index contributed by atoms with van der Waals surface area (Å²) in [6.45, 7) is 3.81. The fraction of sp³-hybridized carbons (Fsp3) is 0.400. The van der Waals surface area contributed by atoms with Gasteiger partial charge < -0.3 is 14.2 Å². The number of hydrogen-bond donors (Lipinski definition) is 0. The number of halogens is 3. The summed E-state index contributed by atoms with van der Waals surface area (Å²) >= 11 is 0. The van der Waals surface area contributed by atoms with Gasteiger partial charge in [0.15, 0.2) is 11.8 Å². The topological polar surface area (TPSA) is 86.3 Å². The number of alkyl halides is 3. The number of aryl methyl sites for hydroxylation is 2. The molecule has 1 unspecified atom stereocenters. The van der Waals surface area contributed by atoms with E-state index in [9.17, 15) is 18.0 Å². The van der Waals surface area contributed by atoms with Gasteiger partial charge in [0.05, 0.1) is 13.2 Å². The van der Waals surface area contributed by atoms with E-state index >= 15 is 0 Å². The van der Waals surface area contributed by atoms with E-state index in [1.807, 2.05) is 31.2 Å². The Bertz CT molecular complexity index is 1090. The molecule has 4 rings (SSSR count). The summed E-state index contributed by atoms with van der Waals surface area (Å²) in [5.41, 5.74) is 1.05. The van der Waals surface area contributed by atoms with Crippen LogP contribution >= 0.6 is 0 Å². The number of morpholine rings is 1. The molecule has 1 aliphatic heterocycles. The molecule has 0 N–H and O–H groups in total. The molecule has 0 spiro atoms. The average Bonchev–Trinajstić information content (AvgIpc) is 3.36. The van der Waals surface area contributed by atoms with E-state index < -0.39 is 18.0 Å². The first-order valence-electron chi connectivity index (χ1n) is 9.63. The highest BCUT2D eigenvalue weighted by Crippen LogP contribution is 2.29. The van der Waals surface area contributed by atoms with Crippen LogP contribution in [0.15, 0.2) is 34.9 Å². The lowest BCUT2D eigenvalue weighted by molar-refractivity contribution is -0.143. The summed E-state index contributed by atoms with van der Waals surface area (Å²) in [6.07, 6.45) is -5.18. The van der Waals surface area contributed by atoms with E-state index in [2.05, 4.69) is 15.2 Å². The van der Waals surface area contributed by atoms with Gasteiger partial charge in [-0.1, -0.05) is 29.4 Å². The van der Waals surface area contributed by atoms with Gasteiger partial charge in [0.1, 0.15) is 6.54 Å². The second-order valence-electron chi connectivity index (χ2n) is 7.30. The van der Waals surface area contributed by atoms with E-state index in [1.54, 1.807) is 0 Å². The maximum Gasteiger partial charge on any atom is 0.435 e. The van der Waals surface area contributed by atoms with Gasteiger partial charge in [-0.25, -0.2) is 0 Å². The molecule has 1 aliphatic rings. The Balaban J connectivity index is 1.45. The molecule has 3 heterocycles. The van der Waals surface area contributed by atoms with E-state index in [0.29, 0.717) is 12.4 Å². The zero-order valence-electron chi connectivity index (χ0n) is 16.9. The highest BCUT2D eigenvalue weighted by Gasteiger charge is 2.35. The van der Waals surface area contributed by atoms with Gasteiger partial charge in [-0.3, -0.25) is 9.48 Å². The largest absolute Gasteiger partial charge is 0.435 e. The molecule has 3 aromatic rings. The standard InChI is InChI=1S/C20H20F3N5O3/c1-12-5-3-4-6-14(12)18-24-19(31-26-18)15-10-27(7-8-30-15)17(29)11-28-13(2)9-16(25-28)20(21,22)23/h3-6,9,15H,7-8,10-11H2,1-2H3. The van der Waals surface area contributed by atoms with Crippen molar-refractivity contribution >= 4 is 5.91 Å². The smallest absolute Gasteiger partial charge is 0.365 e. The molecule has 1 amide bonds. The van der Waals surface area contributed by atoms with Crippen molar-refractivity contribution in [2.24, 2.45) is 0 Å². The molecule has 31 heavy (non-hydrogen) atoms. The number of benzene rings is 1. The second-order valence-corrected chi connectivity index (χ2v) is 7.30. The van der Waals surface area contributed by atoms with E-state index in [-0.39, 0.29) is 37.2 Å². The van der Waals surface area contributed by atoms with Crippen LogP contribution in [-0.2, 0) is 22.3 Å². The summed E-state index contributed by atoms with van der Waals surface area (Å²) in [7, 11) is 0. The highest BCUT2D eigenvalue weighted by molar-refractivity contribution is 5.76. The number of amides is 1. The molecular weight excluding hydrogens is 415 g/mol. The monoisotopic (exact) mass is 435 g/mol. The van der Waals surface area contributed by atoms with Crippen LogP contribution in [0.25, 0.3) is 11.4 Å². The molecule has 164 valence electrons. The summed E-state index contributed by atoms with van der Waals surface area (Å²) in [5.74, 6) is 0.296. The molecule has 1 aromatic carbocycles. The number of ether oxygens (including phenoxy) is 1. The van der Waals surface area contributed by atoms with Gasteiger partial charge in [-0.2, -0.15) is 23.3 Å². The average molecular weight is 435 g/mol. The third kappa shape index (κ3) is 4.46. The molecule has 2 aromatic heterocycles. The van der Waals surface area contributed by atoms with Crippen molar-refractivity contribution in [3.05, 3.63) is 53.2 Å². The van der Waals surface area contributed by atoms with Crippen LogP contribution in [-0.4, -0.2) is 50.4 Å². The number of carbonyl (C=O) groups excluding carboxylic acids is 1. The van der Waals surface area contributed by atoms with E-state index in [4.69, 9.17) is 9.26 Å². The lowest BCUT2D eigenvalue weighted by atomic mass is 10.1. The molecule has 0 radical (unpaired) electrons. The maximum atomic E-state index is 12.9. The molecule has 1 saturated heterocycles. The van der Waals surface area contributed by atoms with Gasteiger partial charge in [0.2, 0.25) is 11.7 Å². The fourth-order valence-corrected chi connectivity index (χ4v) is 3.36. The van der Waals surface area contributed by atoms with Crippen LogP contribution in [0.5, 0.6) is 0 Å². The fourth-order valence-electron chi connectivity index (χ4n) is 3.36. The van der Waals surface area contributed by atoms with Crippen molar-refractivity contribution in [2.45, 2.75) is 32.7 Å². The predicted molar refractivity (Wildman–Crippen MR) is 102 cm³/mol. The van der Waals surface area contributed by atoms with Gasteiger partial charge in [0, 0.05) is 17.8 Å². The van der Waals surface area contributed by atoms with Crippen molar-refractivity contribution in [1.29, 1.82) is 0 Å². The number of hydrogen-bond acceptors (Lipinski definition) is 6. The van der Waals surface area contributed by atoms with Gasteiger partial charge in [0.25, 0.3) is 5.89 Å².